The minimum absolute atomic E-state index is 0.0498. The number of fused-ring (bicyclic) bond motifs is 1. The van der Waals surface area contributed by atoms with Crippen molar-refractivity contribution in [2.75, 3.05) is 0 Å². The Hall–Kier alpha value is -0.630. The van der Waals surface area contributed by atoms with Gasteiger partial charge in [-0.05, 0) is 25.7 Å². The van der Waals surface area contributed by atoms with Crippen LogP contribution in [0.1, 0.15) is 32.1 Å². The van der Waals surface area contributed by atoms with Crippen LogP contribution < -0.4 is 0 Å². The van der Waals surface area contributed by atoms with Crippen LogP contribution in [0.2, 0.25) is 0 Å². The van der Waals surface area contributed by atoms with E-state index in [1.54, 1.807) is 0 Å². The van der Waals surface area contributed by atoms with Crippen LogP contribution in [0.25, 0.3) is 0 Å². The number of carbonyl (C=O) groups is 1. The van der Waals surface area contributed by atoms with Crippen LogP contribution in [0, 0.1) is 0 Å². The molecule has 2 fully saturated rings. The van der Waals surface area contributed by atoms with Crippen molar-refractivity contribution in [1.29, 1.82) is 0 Å². The lowest BCUT2D eigenvalue weighted by Gasteiger charge is -2.14. The third-order valence-electron chi connectivity index (χ3n) is 2.86. The minimum atomic E-state index is -0.0521. The van der Waals surface area contributed by atoms with E-state index in [0.29, 0.717) is 5.78 Å². The molecule has 12 heavy (non-hydrogen) atoms. The Morgan fingerprint density at radius 3 is 3.33 bits per heavy atom. The quantitative estimate of drug-likeness (QED) is 0.473. The largest absolute Gasteiger partial charge is 0.358 e. The van der Waals surface area contributed by atoms with Crippen LogP contribution in [0.15, 0.2) is 12.7 Å². The summed E-state index contributed by atoms with van der Waals surface area (Å²) in [6, 6.07) is 0. The fourth-order valence-electron chi connectivity index (χ4n) is 2.10. The summed E-state index contributed by atoms with van der Waals surface area (Å²) < 4.78 is 5.48. The van der Waals surface area contributed by atoms with E-state index < -0.39 is 0 Å². The topological polar surface area (TPSA) is 29.6 Å². The van der Waals surface area contributed by atoms with Gasteiger partial charge in [0.15, 0.2) is 5.78 Å². The summed E-state index contributed by atoms with van der Waals surface area (Å²) in [7, 11) is 0. The molecule has 0 aromatic rings. The number of hydrogen-bond donors (Lipinski definition) is 0. The SMILES string of the molecule is C=CCCC12CCCC(=O)C1O2. The van der Waals surface area contributed by atoms with Gasteiger partial charge in [0.2, 0.25) is 0 Å². The Morgan fingerprint density at radius 2 is 2.58 bits per heavy atom. The molecule has 0 radical (unpaired) electrons. The molecule has 1 aliphatic heterocycles. The summed E-state index contributed by atoms with van der Waals surface area (Å²) >= 11 is 0. The van der Waals surface area contributed by atoms with Gasteiger partial charge in [-0.2, -0.15) is 0 Å². The van der Waals surface area contributed by atoms with Gasteiger partial charge in [-0.3, -0.25) is 4.79 Å². The molecule has 2 atom stereocenters. The summed E-state index contributed by atoms with van der Waals surface area (Å²) in [6.45, 7) is 3.67. The first-order chi connectivity index (χ1) is 5.78. The Kier molecular flexibility index (Phi) is 1.80. The maximum atomic E-state index is 11.3. The van der Waals surface area contributed by atoms with Gasteiger partial charge in [-0.25, -0.2) is 0 Å². The van der Waals surface area contributed by atoms with Crippen LogP contribution in [-0.2, 0) is 9.53 Å². The first-order valence-corrected chi connectivity index (χ1v) is 4.60. The van der Waals surface area contributed by atoms with Crippen LogP contribution in [0.5, 0.6) is 0 Å². The zero-order valence-electron chi connectivity index (χ0n) is 7.21. The van der Waals surface area contributed by atoms with Crippen molar-refractivity contribution >= 4 is 5.78 Å². The zero-order valence-corrected chi connectivity index (χ0v) is 7.21. The van der Waals surface area contributed by atoms with Crippen molar-refractivity contribution in [2.45, 2.75) is 43.8 Å². The van der Waals surface area contributed by atoms with Gasteiger partial charge in [0.05, 0.1) is 0 Å². The van der Waals surface area contributed by atoms with Crippen LogP contribution in [-0.4, -0.2) is 17.5 Å². The van der Waals surface area contributed by atoms with Crippen molar-refractivity contribution < 1.29 is 9.53 Å². The number of ketones is 1. The summed E-state index contributed by atoms with van der Waals surface area (Å²) in [4.78, 5) is 11.3. The summed E-state index contributed by atoms with van der Waals surface area (Å²) in [5.41, 5.74) is -0.0521. The highest BCUT2D eigenvalue weighted by Crippen LogP contribution is 2.49. The first-order valence-electron chi connectivity index (χ1n) is 4.60. The van der Waals surface area contributed by atoms with E-state index in [9.17, 15) is 4.79 Å². The monoisotopic (exact) mass is 166 g/mol. The van der Waals surface area contributed by atoms with Gasteiger partial charge in [0.1, 0.15) is 11.7 Å². The second-order valence-electron chi connectivity index (χ2n) is 3.71. The molecule has 1 heterocycles. The third kappa shape index (κ3) is 1.11. The van der Waals surface area contributed by atoms with Gasteiger partial charge >= 0.3 is 0 Å². The molecule has 2 aliphatic rings. The van der Waals surface area contributed by atoms with Crippen molar-refractivity contribution in [3.63, 3.8) is 0 Å². The predicted octanol–water partition coefficient (Wildman–Crippen LogP) is 1.84. The maximum Gasteiger partial charge on any atom is 0.164 e. The van der Waals surface area contributed by atoms with Crippen molar-refractivity contribution in [3.8, 4) is 0 Å². The lowest BCUT2D eigenvalue weighted by Crippen LogP contribution is -2.25. The lowest BCUT2D eigenvalue weighted by molar-refractivity contribution is -0.120. The Bertz CT molecular complexity index is 222. The van der Waals surface area contributed by atoms with Gasteiger partial charge in [0, 0.05) is 6.42 Å². The van der Waals surface area contributed by atoms with E-state index in [-0.39, 0.29) is 11.7 Å². The van der Waals surface area contributed by atoms with E-state index in [0.717, 1.165) is 32.1 Å². The maximum absolute atomic E-state index is 11.3. The number of Topliss-reactive ketones (excluding diaryl/α,β-unsaturated/α-hetero) is 1. The number of rotatable bonds is 3. The molecule has 2 rings (SSSR count). The van der Waals surface area contributed by atoms with Gasteiger partial charge in [0.25, 0.3) is 0 Å². The fourth-order valence-corrected chi connectivity index (χ4v) is 2.10. The van der Waals surface area contributed by atoms with Gasteiger partial charge in [-0.1, -0.05) is 6.08 Å². The van der Waals surface area contributed by atoms with Crippen molar-refractivity contribution in [2.24, 2.45) is 0 Å². The van der Waals surface area contributed by atoms with Crippen molar-refractivity contribution in [3.05, 3.63) is 12.7 Å². The normalized spacial score (nSPS) is 39.0. The summed E-state index contributed by atoms with van der Waals surface area (Å²) in [5, 5.41) is 0. The number of carbonyl (C=O) groups excluding carboxylic acids is 1. The fraction of sp³-hybridized carbons (Fsp3) is 0.700. The molecule has 0 aromatic heterocycles. The highest BCUT2D eigenvalue weighted by Gasteiger charge is 2.60. The molecule has 66 valence electrons. The Balaban J connectivity index is 1.96. The average Bonchev–Trinajstić information content (AvgIpc) is 2.78. The number of allylic oxidation sites excluding steroid dienone is 1. The van der Waals surface area contributed by atoms with Gasteiger partial charge < -0.3 is 4.74 Å². The second kappa shape index (κ2) is 2.70. The summed E-state index contributed by atoms with van der Waals surface area (Å²) in [6.07, 6.45) is 6.58. The molecule has 2 heteroatoms. The van der Waals surface area contributed by atoms with E-state index in [2.05, 4.69) is 6.58 Å². The standard InChI is InChI=1S/C10H14O2/c1-2-3-6-10-7-4-5-8(11)9(10)12-10/h2,9H,1,3-7H2. The number of ether oxygens (including phenoxy) is 1. The highest BCUT2D eigenvalue weighted by atomic mass is 16.6. The predicted molar refractivity (Wildman–Crippen MR) is 45.9 cm³/mol. The number of epoxide rings is 1. The molecular weight excluding hydrogens is 152 g/mol. The average molecular weight is 166 g/mol. The molecule has 0 N–H and O–H groups in total. The van der Waals surface area contributed by atoms with Gasteiger partial charge in [-0.15, -0.1) is 6.58 Å². The molecule has 1 saturated heterocycles. The van der Waals surface area contributed by atoms with E-state index in [1.165, 1.54) is 0 Å². The third-order valence-corrected chi connectivity index (χ3v) is 2.86. The van der Waals surface area contributed by atoms with Crippen LogP contribution in [0.3, 0.4) is 0 Å². The van der Waals surface area contributed by atoms with Crippen LogP contribution >= 0.6 is 0 Å². The molecular formula is C10H14O2. The Labute approximate surface area is 72.6 Å². The minimum Gasteiger partial charge on any atom is -0.358 e. The smallest absolute Gasteiger partial charge is 0.164 e. The molecule has 0 bridgehead atoms. The molecule has 0 spiro atoms. The lowest BCUT2D eigenvalue weighted by atomic mass is 9.85. The van der Waals surface area contributed by atoms with E-state index >= 15 is 0 Å². The first kappa shape index (κ1) is 7.99. The van der Waals surface area contributed by atoms with E-state index in [4.69, 9.17) is 4.74 Å². The molecule has 2 nitrogen and oxygen atoms in total. The highest BCUT2D eigenvalue weighted by molar-refractivity contribution is 5.87. The molecule has 1 aliphatic carbocycles. The molecule has 2 unspecified atom stereocenters. The molecule has 0 amide bonds. The molecule has 1 saturated carbocycles. The molecule has 0 aromatic carbocycles. The Morgan fingerprint density at radius 1 is 1.75 bits per heavy atom. The second-order valence-corrected chi connectivity index (χ2v) is 3.71. The van der Waals surface area contributed by atoms with Crippen molar-refractivity contribution in [1.82, 2.24) is 0 Å². The number of hydrogen-bond acceptors (Lipinski definition) is 2. The zero-order chi connectivity index (χ0) is 8.60. The van der Waals surface area contributed by atoms with E-state index in [1.807, 2.05) is 6.08 Å². The van der Waals surface area contributed by atoms with Crippen LogP contribution in [0.4, 0.5) is 0 Å². The summed E-state index contributed by atoms with van der Waals surface area (Å²) in [5.74, 6) is 0.310.